The Hall–Kier alpha value is -0.0700. The molecule has 1 aromatic rings. The first-order chi connectivity index (χ1) is 7.56. The van der Waals surface area contributed by atoms with Crippen molar-refractivity contribution in [2.75, 3.05) is 12.9 Å². The van der Waals surface area contributed by atoms with Gasteiger partial charge in [0.05, 0.1) is 12.4 Å². The molecule has 0 radical (unpaired) electrons. The second kappa shape index (κ2) is 6.20. The Morgan fingerprint density at radius 2 is 2.06 bits per heavy atom. The number of rotatable bonds is 3. The van der Waals surface area contributed by atoms with E-state index in [0.29, 0.717) is 5.75 Å². The van der Waals surface area contributed by atoms with E-state index >= 15 is 0 Å². The quantitative estimate of drug-likeness (QED) is 0.610. The van der Waals surface area contributed by atoms with Crippen LogP contribution in [0.3, 0.4) is 0 Å². The third-order valence-corrected chi connectivity index (χ3v) is 2.92. The third-order valence-electron chi connectivity index (χ3n) is 2.44. The van der Waals surface area contributed by atoms with E-state index in [-0.39, 0.29) is 35.7 Å². The number of hydrogen-bond donors (Lipinski definition) is 0. The van der Waals surface area contributed by atoms with Crippen LogP contribution >= 0.6 is 0 Å². The Labute approximate surface area is 124 Å². The van der Waals surface area contributed by atoms with Gasteiger partial charge in [-0.3, -0.25) is 0 Å². The monoisotopic (exact) mass is 266 g/mol. The fraction of sp³-hybridized carbons (Fsp3) is 0.455. The molecule has 17 heavy (non-hydrogen) atoms. The van der Waals surface area contributed by atoms with Crippen LogP contribution in [-0.2, 0) is 14.9 Å². The van der Waals surface area contributed by atoms with Crippen molar-refractivity contribution in [2.45, 2.75) is 18.9 Å². The Morgan fingerprint density at radius 1 is 1.35 bits per heavy atom. The number of hydrogen-bond acceptors (Lipinski definition) is 4. The van der Waals surface area contributed by atoms with Gasteiger partial charge in [-0.1, -0.05) is 18.2 Å². The molecule has 1 aliphatic heterocycles. The van der Waals surface area contributed by atoms with E-state index in [4.69, 9.17) is 8.92 Å². The van der Waals surface area contributed by atoms with Gasteiger partial charge in [0.2, 0.25) is 0 Å². The molecule has 0 N–H and O–H groups in total. The molecule has 1 aromatic carbocycles. The van der Waals surface area contributed by atoms with E-state index < -0.39 is 10.1 Å². The second-order valence-electron chi connectivity index (χ2n) is 3.83. The van der Waals surface area contributed by atoms with Gasteiger partial charge in [0.1, 0.15) is 5.75 Å². The van der Waals surface area contributed by atoms with Crippen LogP contribution in [0.1, 0.15) is 24.5 Å². The van der Waals surface area contributed by atoms with Crippen molar-refractivity contribution in [1.82, 2.24) is 0 Å². The molecule has 6 heteroatoms. The molecule has 0 aromatic heterocycles. The van der Waals surface area contributed by atoms with Crippen molar-refractivity contribution in [3.05, 3.63) is 29.8 Å². The molecule has 1 atom stereocenters. The maximum atomic E-state index is 11.1. The number of ether oxygens (including phenoxy) is 1. The van der Waals surface area contributed by atoms with Crippen molar-refractivity contribution in [1.29, 1.82) is 0 Å². The summed E-state index contributed by atoms with van der Waals surface area (Å²) >= 11 is 0. The maximum absolute atomic E-state index is 11.1. The van der Waals surface area contributed by atoms with E-state index in [2.05, 4.69) is 0 Å². The summed E-state index contributed by atoms with van der Waals surface area (Å²) in [7, 11) is -3.48. The van der Waals surface area contributed by atoms with Crippen LogP contribution in [0.25, 0.3) is 0 Å². The van der Waals surface area contributed by atoms with Crippen LogP contribution in [0.5, 0.6) is 5.75 Å². The average Bonchev–Trinajstić information content (AvgIpc) is 2.69. The first-order valence-corrected chi connectivity index (χ1v) is 6.98. The van der Waals surface area contributed by atoms with E-state index in [0.717, 1.165) is 31.3 Å². The summed E-state index contributed by atoms with van der Waals surface area (Å²) in [6.45, 7) is 0.720. The summed E-state index contributed by atoms with van der Waals surface area (Å²) in [4.78, 5) is 0. The van der Waals surface area contributed by atoms with Gasteiger partial charge in [-0.25, -0.2) is 0 Å². The Bertz CT molecular complexity index is 466. The summed E-state index contributed by atoms with van der Waals surface area (Å²) in [5.74, 6) is 0.372. The molecule has 1 aliphatic rings. The average molecular weight is 266 g/mol. The Kier molecular flexibility index (Phi) is 5.47. The summed E-state index contributed by atoms with van der Waals surface area (Å²) in [5.41, 5.74) is 0.811. The van der Waals surface area contributed by atoms with Gasteiger partial charge in [0, 0.05) is 12.2 Å². The van der Waals surface area contributed by atoms with E-state index in [9.17, 15) is 8.42 Å². The zero-order valence-corrected chi connectivity index (χ0v) is 9.87. The molecule has 0 bridgehead atoms. The van der Waals surface area contributed by atoms with Gasteiger partial charge in [-0.2, -0.15) is 8.42 Å². The van der Waals surface area contributed by atoms with Gasteiger partial charge in [0.25, 0.3) is 0 Å². The zero-order chi connectivity index (χ0) is 11.6. The van der Waals surface area contributed by atoms with Crippen LogP contribution in [0.15, 0.2) is 24.3 Å². The molecular formula is C11H15NaO4S. The zero-order valence-electron chi connectivity index (χ0n) is 9.05. The van der Waals surface area contributed by atoms with Crippen molar-refractivity contribution in [3.8, 4) is 5.75 Å². The SMILES string of the molecule is CS(=O)(=O)Oc1ccccc1C1CCCO1.[NaH]. The molecule has 90 valence electrons. The van der Waals surface area contributed by atoms with Crippen LogP contribution in [0.2, 0.25) is 0 Å². The third kappa shape index (κ3) is 4.26. The van der Waals surface area contributed by atoms with E-state index in [1.54, 1.807) is 12.1 Å². The van der Waals surface area contributed by atoms with Gasteiger partial charge in [-0.15, -0.1) is 0 Å². The summed E-state index contributed by atoms with van der Waals surface area (Å²) in [5, 5.41) is 0. The van der Waals surface area contributed by atoms with Gasteiger partial charge < -0.3 is 8.92 Å². The fourth-order valence-corrected chi connectivity index (χ4v) is 2.29. The van der Waals surface area contributed by atoms with Crippen LogP contribution in [-0.4, -0.2) is 50.8 Å². The van der Waals surface area contributed by atoms with Crippen molar-refractivity contribution in [3.63, 3.8) is 0 Å². The molecule has 0 aliphatic carbocycles. The second-order valence-corrected chi connectivity index (χ2v) is 5.40. The summed E-state index contributed by atoms with van der Waals surface area (Å²) in [6.07, 6.45) is 2.90. The van der Waals surface area contributed by atoms with Crippen molar-refractivity contribution in [2.24, 2.45) is 0 Å². The van der Waals surface area contributed by atoms with Gasteiger partial charge in [0.15, 0.2) is 0 Å². The minimum atomic E-state index is -3.48. The van der Waals surface area contributed by atoms with Crippen LogP contribution in [0, 0.1) is 0 Å². The standard InChI is InChI=1S/C11H14O4S.Na.H/c1-16(12,13)15-11-6-3-2-5-9(11)10-7-4-8-14-10;;/h2-3,5-6,10H,4,7-8H2,1H3;;. The molecule has 1 fully saturated rings. The molecule has 1 saturated heterocycles. The molecule has 0 spiro atoms. The predicted molar refractivity (Wildman–Crippen MR) is 67.0 cm³/mol. The van der Waals surface area contributed by atoms with E-state index in [1.165, 1.54) is 0 Å². The first kappa shape index (κ1) is 15.0. The number of benzene rings is 1. The van der Waals surface area contributed by atoms with Gasteiger partial charge in [-0.05, 0) is 18.9 Å². The molecule has 4 nitrogen and oxygen atoms in total. The fourth-order valence-electron chi connectivity index (χ4n) is 1.81. The molecule has 2 rings (SSSR count). The summed E-state index contributed by atoms with van der Waals surface area (Å²) in [6, 6.07) is 7.10. The van der Waals surface area contributed by atoms with Gasteiger partial charge >= 0.3 is 39.7 Å². The predicted octanol–water partition coefficient (Wildman–Crippen LogP) is 1.23. The topological polar surface area (TPSA) is 52.6 Å². The number of para-hydroxylation sites is 1. The minimum absolute atomic E-state index is 0. The van der Waals surface area contributed by atoms with Crippen LogP contribution < -0.4 is 4.18 Å². The summed E-state index contributed by atoms with van der Waals surface area (Å²) < 4.78 is 32.7. The van der Waals surface area contributed by atoms with Crippen molar-refractivity contribution < 1.29 is 17.3 Å². The molecular weight excluding hydrogens is 251 g/mol. The Balaban J connectivity index is 0.00000144. The van der Waals surface area contributed by atoms with Crippen LogP contribution in [0.4, 0.5) is 0 Å². The molecule has 1 unspecified atom stereocenters. The first-order valence-electron chi connectivity index (χ1n) is 5.16. The molecule has 0 saturated carbocycles. The molecule has 0 amide bonds. The molecule has 1 heterocycles. The Morgan fingerprint density at radius 3 is 2.65 bits per heavy atom. The van der Waals surface area contributed by atoms with Crippen molar-refractivity contribution >= 4 is 39.7 Å². The normalized spacial score (nSPS) is 19.7. The van der Waals surface area contributed by atoms with E-state index in [1.807, 2.05) is 12.1 Å².